The van der Waals surface area contributed by atoms with E-state index in [1.807, 2.05) is 6.07 Å². The van der Waals surface area contributed by atoms with Gasteiger partial charge in [0.2, 0.25) is 5.76 Å². The maximum Gasteiger partial charge on any atom is 0.374 e. The van der Waals surface area contributed by atoms with E-state index in [1.54, 1.807) is 13.0 Å². The monoisotopic (exact) mass is 273 g/mol. The Morgan fingerprint density at radius 3 is 2.80 bits per heavy atom. The minimum atomic E-state index is -0.400. The van der Waals surface area contributed by atoms with E-state index in [0.29, 0.717) is 6.61 Å². The summed E-state index contributed by atoms with van der Waals surface area (Å²) in [5.74, 6) is -0.124. The minimum absolute atomic E-state index is 0.276. The predicted octanol–water partition coefficient (Wildman–Crippen LogP) is 3.60. The van der Waals surface area contributed by atoms with Crippen molar-refractivity contribution in [2.45, 2.75) is 26.2 Å². The van der Waals surface area contributed by atoms with E-state index in [2.05, 4.69) is 17.0 Å². The topological polar surface area (TPSA) is 42.7 Å². The molecule has 1 fully saturated rings. The molecule has 4 heteroatoms. The number of hydrogen-bond acceptors (Lipinski definition) is 4. The molecule has 3 rings (SSSR count). The van der Waals surface area contributed by atoms with Gasteiger partial charge in [-0.25, -0.2) is 4.79 Å². The highest BCUT2D eigenvalue weighted by Gasteiger charge is 2.15. The fraction of sp³-hybridized carbons (Fsp3) is 0.438. The molecule has 2 heterocycles. The van der Waals surface area contributed by atoms with Crippen LogP contribution >= 0.6 is 0 Å². The summed E-state index contributed by atoms with van der Waals surface area (Å²) in [6, 6.07) is 7.85. The van der Waals surface area contributed by atoms with Gasteiger partial charge in [0.1, 0.15) is 5.58 Å². The van der Waals surface area contributed by atoms with Crippen LogP contribution in [0.1, 0.15) is 36.7 Å². The van der Waals surface area contributed by atoms with Crippen molar-refractivity contribution >= 4 is 22.6 Å². The van der Waals surface area contributed by atoms with Crippen LogP contribution in [0.25, 0.3) is 11.0 Å². The van der Waals surface area contributed by atoms with Crippen molar-refractivity contribution in [3.05, 3.63) is 30.0 Å². The van der Waals surface area contributed by atoms with Crippen molar-refractivity contribution in [2.24, 2.45) is 0 Å². The van der Waals surface area contributed by atoms with Crippen LogP contribution in [0.4, 0.5) is 5.69 Å². The molecule has 20 heavy (non-hydrogen) atoms. The highest BCUT2D eigenvalue weighted by molar-refractivity contribution is 5.93. The van der Waals surface area contributed by atoms with Crippen LogP contribution in [0.3, 0.4) is 0 Å². The Hall–Kier alpha value is -1.97. The van der Waals surface area contributed by atoms with Gasteiger partial charge in [0, 0.05) is 24.2 Å². The van der Waals surface area contributed by atoms with Crippen LogP contribution in [0.5, 0.6) is 0 Å². The van der Waals surface area contributed by atoms with Crippen molar-refractivity contribution in [3.63, 3.8) is 0 Å². The van der Waals surface area contributed by atoms with Gasteiger partial charge in [0.25, 0.3) is 0 Å². The number of nitrogens with zero attached hydrogens (tertiary/aromatic N) is 1. The van der Waals surface area contributed by atoms with Gasteiger partial charge in [-0.2, -0.15) is 0 Å². The molecular weight excluding hydrogens is 254 g/mol. The molecule has 0 radical (unpaired) electrons. The lowest BCUT2D eigenvalue weighted by Crippen LogP contribution is -2.29. The first-order valence-electron chi connectivity index (χ1n) is 7.23. The summed E-state index contributed by atoms with van der Waals surface area (Å²) >= 11 is 0. The molecule has 0 aliphatic carbocycles. The number of piperidine rings is 1. The number of ether oxygens (including phenoxy) is 1. The quantitative estimate of drug-likeness (QED) is 0.801. The molecule has 1 aliphatic rings. The van der Waals surface area contributed by atoms with Gasteiger partial charge >= 0.3 is 5.97 Å². The second-order valence-corrected chi connectivity index (χ2v) is 5.10. The summed E-state index contributed by atoms with van der Waals surface area (Å²) in [6.45, 7) is 4.35. The van der Waals surface area contributed by atoms with Crippen LogP contribution in [0.2, 0.25) is 0 Å². The number of carbonyl (C=O) groups excluding carboxylic acids is 1. The van der Waals surface area contributed by atoms with Crippen LogP contribution in [-0.4, -0.2) is 25.7 Å². The van der Waals surface area contributed by atoms with E-state index in [-0.39, 0.29) is 5.76 Å². The highest BCUT2D eigenvalue weighted by atomic mass is 16.5. The Morgan fingerprint density at radius 1 is 1.25 bits per heavy atom. The second kappa shape index (κ2) is 5.57. The first-order chi connectivity index (χ1) is 9.78. The molecule has 0 unspecified atom stereocenters. The fourth-order valence-electron chi connectivity index (χ4n) is 2.68. The smallest absolute Gasteiger partial charge is 0.374 e. The molecule has 1 saturated heterocycles. The summed E-state index contributed by atoms with van der Waals surface area (Å²) < 4.78 is 10.5. The summed E-state index contributed by atoms with van der Waals surface area (Å²) in [5.41, 5.74) is 1.93. The zero-order chi connectivity index (χ0) is 13.9. The zero-order valence-corrected chi connectivity index (χ0v) is 11.7. The average Bonchev–Trinajstić information content (AvgIpc) is 2.91. The van der Waals surface area contributed by atoms with Crippen LogP contribution in [-0.2, 0) is 4.74 Å². The molecule has 106 valence electrons. The highest BCUT2D eigenvalue weighted by Crippen LogP contribution is 2.27. The Bertz CT molecular complexity index is 611. The van der Waals surface area contributed by atoms with Crippen molar-refractivity contribution in [1.29, 1.82) is 0 Å². The molecule has 2 aromatic rings. The molecule has 0 saturated carbocycles. The maximum absolute atomic E-state index is 11.7. The lowest BCUT2D eigenvalue weighted by molar-refractivity contribution is 0.0492. The fourth-order valence-corrected chi connectivity index (χ4v) is 2.68. The second-order valence-electron chi connectivity index (χ2n) is 5.10. The van der Waals surface area contributed by atoms with Gasteiger partial charge in [-0.05, 0) is 50.5 Å². The minimum Gasteiger partial charge on any atom is -0.460 e. The zero-order valence-electron chi connectivity index (χ0n) is 11.7. The largest absolute Gasteiger partial charge is 0.460 e. The third-order valence-corrected chi connectivity index (χ3v) is 3.70. The van der Waals surface area contributed by atoms with Gasteiger partial charge in [-0.3, -0.25) is 0 Å². The van der Waals surface area contributed by atoms with E-state index in [9.17, 15) is 4.79 Å². The SMILES string of the molecule is CCOC(=O)c1cc2cc(N3CCCCC3)ccc2o1. The summed E-state index contributed by atoms with van der Waals surface area (Å²) in [6.07, 6.45) is 3.81. The Morgan fingerprint density at radius 2 is 2.05 bits per heavy atom. The first-order valence-corrected chi connectivity index (χ1v) is 7.23. The number of furan rings is 1. The molecular formula is C16H19NO3. The number of esters is 1. The van der Waals surface area contributed by atoms with E-state index in [4.69, 9.17) is 9.15 Å². The van der Waals surface area contributed by atoms with Crippen molar-refractivity contribution < 1.29 is 13.9 Å². The van der Waals surface area contributed by atoms with Crippen LogP contribution in [0, 0.1) is 0 Å². The van der Waals surface area contributed by atoms with Gasteiger partial charge in [-0.1, -0.05) is 0 Å². The Labute approximate surface area is 118 Å². The third-order valence-electron chi connectivity index (χ3n) is 3.70. The molecule has 0 N–H and O–H groups in total. The Kier molecular flexibility index (Phi) is 3.63. The van der Waals surface area contributed by atoms with E-state index in [1.165, 1.54) is 24.9 Å². The normalized spacial score (nSPS) is 15.6. The number of hydrogen-bond donors (Lipinski definition) is 0. The van der Waals surface area contributed by atoms with E-state index >= 15 is 0 Å². The van der Waals surface area contributed by atoms with Crippen molar-refractivity contribution in [2.75, 3.05) is 24.6 Å². The Balaban J connectivity index is 1.88. The standard InChI is InChI=1S/C16H19NO3/c1-2-19-16(18)15-11-12-10-13(6-7-14(12)20-15)17-8-4-3-5-9-17/h6-7,10-11H,2-5,8-9H2,1H3. The van der Waals surface area contributed by atoms with Gasteiger partial charge in [0.05, 0.1) is 6.61 Å². The first kappa shape index (κ1) is 13.0. The summed E-state index contributed by atoms with van der Waals surface area (Å²) in [4.78, 5) is 14.1. The van der Waals surface area contributed by atoms with Crippen LogP contribution in [0.15, 0.2) is 28.7 Å². The van der Waals surface area contributed by atoms with Crippen molar-refractivity contribution in [3.8, 4) is 0 Å². The lowest BCUT2D eigenvalue weighted by atomic mass is 10.1. The number of benzene rings is 1. The average molecular weight is 273 g/mol. The molecule has 0 spiro atoms. The van der Waals surface area contributed by atoms with Gasteiger partial charge in [-0.15, -0.1) is 0 Å². The summed E-state index contributed by atoms with van der Waals surface area (Å²) in [7, 11) is 0. The van der Waals surface area contributed by atoms with Gasteiger partial charge < -0.3 is 14.1 Å². The van der Waals surface area contributed by atoms with Crippen LogP contribution < -0.4 is 4.90 Å². The molecule has 1 aromatic heterocycles. The predicted molar refractivity (Wildman–Crippen MR) is 78.2 cm³/mol. The molecule has 0 amide bonds. The van der Waals surface area contributed by atoms with E-state index < -0.39 is 5.97 Å². The number of anilines is 1. The molecule has 1 aliphatic heterocycles. The van der Waals surface area contributed by atoms with E-state index in [0.717, 1.165) is 24.1 Å². The number of rotatable bonds is 3. The van der Waals surface area contributed by atoms with Crippen molar-refractivity contribution in [1.82, 2.24) is 0 Å². The molecule has 4 nitrogen and oxygen atoms in total. The number of fused-ring (bicyclic) bond motifs is 1. The van der Waals surface area contributed by atoms with Gasteiger partial charge in [0.15, 0.2) is 0 Å². The summed E-state index contributed by atoms with van der Waals surface area (Å²) in [5, 5.41) is 0.955. The number of carbonyl (C=O) groups is 1. The third kappa shape index (κ3) is 2.50. The molecule has 0 atom stereocenters. The maximum atomic E-state index is 11.7. The molecule has 1 aromatic carbocycles. The lowest BCUT2D eigenvalue weighted by Gasteiger charge is -2.28. The molecule has 0 bridgehead atoms.